The van der Waals surface area contributed by atoms with Gasteiger partial charge in [-0.3, -0.25) is 24.0 Å². The molecule has 0 radical (unpaired) electrons. The molecule has 0 bridgehead atoms. The van der Waals surface area contributed by atoms with Crippen molar-refractivity contribution in [2.45, 2.75) is 43.0 Å². The molecular weight excluding hydrogens is 624 g/mol. The first-order valence-corrected chi connectivity index (χ1v) is 16.3. The maximum absolute atomic E-state index is 13.1. The van der Waals surface area contributed by atoms with E-state index in [1.54, 1.807) is 18.2 Å². The fraction of sp³-hybridized carbons (Fsp3) is 0.229. The van der Waals surface area contributed by atoms with Gasteiger partial charge in [-0.2, -0.15) is 0 Å². The van der Waals surface area contributed by atoms with Crippen LogP contribution in [0.25, 0.3) is 0 Å². The molecule has 0 spiro atoms. The number of aromatic nitrogens is 1. The lowest BCUT2D eigenvalue weighted by atomic mass is 9.92. The molecule has 0 aliphatic carbocycles. The summed E-state index contributed by atoms with van der Waals surface area (Å²) in [6.07, 6.45) is 0.289. The third-order valence-corrected chi connectivity index (χ3v) is 9.02. The number of amides is 1. The number of hydrogen-bond donors (Lipinski definition) is 2. The maximum Gasteiger partial charge on any atom is 0.310 e. The summed E-state index contributed by atoms with van der Waals surface area (Å²) in [5, 5.41) is 11.7. The van der Waals surface area contributed by atoms with Crippen LogP contribution < -0.4 is 5.32 Å². The van der Waals surface area contributed by atoms with E-state index in [2.05, 4.69) is 5.32 Å². The predicted molar refractivity (Wildman–Crippen MR) is 171 cm³/mol. The highest BCUT2D eigenvalue weighted by Crippen LogP contribution is 2.19. The highest BCUT2D eigenvalue weighted by Gasteiger charge is 2.28. The van der Waals surface area contributed by atoms with Crippen molar-refractivity contribution in [3.8, 4) is 0 Å². The van der Waals surface area contributed by atoms with Crippen molar-refractivity contribution in [1.82, 2.24) is 9.29 Å². The molecule has 0 saturated carbocycles. The van der Waals surface area contributed by atoms with E-state index in [4.69, 9.17) is 4.74 Å². The Bertz CT molecular complexity index is 1760. The van der Waals surface area contributed by atoms with Gasteiger partial charge in [0.05, 0.1) is 22.9 Å². The second-order valence-corrected chi connectivity index (χ2v) is 12.6. The number of benzene rings is 3. The van der Waals surface area contributed by atoms with Crippen LogP contribution in [0.2, 0.25) is 0 Å². The largest absolute Gasteiger partial charge is 0.481 e. The molecule has 0 aliphatic heterocycles. The Morgan fingerprint density at radius 2 is 1.30 bits per heavy atom. The summed E-state index contributed by atoms with van der Waals surface area (Å²) in [7, 11) is -4.07. The lowest BCUT2D eigenvalue weighted by Gasteiger charge is -2.19. The quantitative estimate of drug-likeness (QED) is 0.127. The molecule has 4 rings (SSSR count). The zero-order valence-electron chi connectivity index (χ0n) is 25.4. The molecular formula is C35H34N2O9S. The number of carboxylic acids is 1. The summed E-state index contributed by atoms with van der Waals surface area (Å²) >= 11 is 0. The highest BCUT2D eigenvalue weighted by molar-refractivity contribution is 7.90. The summed E-state index contributed by atoms with van der Waals surface area (Å²) in [5.41, 5.74) is 1.63. The minimum atomic E-state index is -4.07. The van der Waals surface area contributed by atoms with E-state index >= 15 is 0 Å². The Morgan fingerprint density at radius 3 is 1.85 bits per heavy atom. The van der Waals surface area contributed by atoms with Gasteiger partial charge in [0.15, 0.2) is 18.2 Å². The van der Waals surface area contributed by atoms with Crippen molar-refractivity contribution < 1.29 is 42.2 Å². The number of ether oxygens (including phenoxy) is 1. The van der Waals surface area contributed by atoms with Gasteiger partial charge < -0.3 is 15.2 Å². The van der Waals surface area contributed by atoms with E-state index in [0.717, 1.165) is 15.1 Å². The first-order chi connectivity index (χ1) is 22.5. The standard InChI is InChI=1S/C35H34N2O9S/c38-31(30-17-10-20-37(30)47(44,45)28-15-8-3-9-16-28)18-19-33(40)36-29(23-34(41)42)32(39)24-46-35(43)27(21-25-11-4-1-5-12-25)22-26-13-6-2-7-14-26/h1-17,20,27,29H,18-19,21-24H2,(H,36,40)(H,41,42). The number of Topliss-reactive ketones (excluding diaryl/α,β-unsaturated/α-hetero) is 2. The normalized spacial score (nSPS) is 11.9. The summed E-state index contributed by atoms with van der Waals surface area (Å²) in [6.45, 7) is -0.763. The van der Waals surface area contributed by atoms with Gasteiger partial charge in [-0.15, -0.1) is 0 Å². The van der Waals surface area contributed by atoms with Crippen molar-refractivity contribution in [2.24, 2.45) is 5.92 Å². The topological polar surface area (TPSA) is 166 Å². The summed E-state index contributed by atoms with van der Waals surface area (Å²) in [4.78, 5) is 63.2. The third kappa shape index (κ3) is 9.81. The van der Waals surface area contributed by atoms with Crippen molar-refractivity contribution in [2.75, 3.05) is 6.61 Å². The second kappa shape index (κ2) is 16.3. The first-order valence-electron chi connectivity index (χ1n) is 14.8. The van der Waals surface area contributed by atoms with Gasteiger partial charge in [-0.25, -0.2) is 12.4 Å². The lowest BCUT2D eigenvalue weighted by Crippen LogP contribution is -2.44. The Hall–Kier alpha value is -5.36. The molecule has 4 aromatic rings. The van der Waals surface area contributed by atoms with Crippen LogP contribution in [0, 0.1) is 5.92 Å². The average Bonchev–Trinajstić information content (AvgIpc) is 3.58. The zero-order valence-corrected chi connectivity index (χ0v) is 26.2. The Balaban J connectivity index is 1.36. The maximum atomic E-state index is 13.1. The van der Waals surface area contributed by atoms with Crippen LogP contribution >= 0.6 is 0 Å². The van der Waals surface area contributed by atoms with Gasteiger partial charge >= 0.3 is 11.9 Å². The molecule has 47 heavy (non-hydrogen) atoms. The van der Waals surface area contributed by atoms with Gasteiger partial charge in [-0.05, 0) is 48.2 Å². The fourth-order valence-electron chi connectivity index (χ4n) is 4.94. The van der Waals surface area contributed by atoms with Gasteiger partial charge in [0.25, 0.3) is 10.0 Å². The van der Waals surface area contributed by atoms with E-state index in [-0.39, 0.29) is 10.6 Å². The van der Waals surface area contributed by atoms with E-state index in [9.17, 15) is 37.5 Å². The number of ketones is 2. The molecule has 1 amide bonds. The predicted octanol–water partition coefficient (Wildman–Crippen LogP) is 3.86. The molecule has 0 saturated heterocycles. The van der Waals surface area contributed by atoms with Crippen LogP contribution in [0.1, 0.15) is 40.9 Å². The molecule has 0 fully saturated rings. The van der Waals surface area contributed by atoms with E-state index < -0.39 is 77.3 Å². The molecule has 11 nitrogen and oxygen atoms in total. The Labute approximate surface area is 272 Å². The molecule has 1 unspecified atom stereocenters. The Morgan fingerprint density at radius 1 is 0.745 bits per heavy atom. The number of nitrogens with one attached hydrogen (secondary N) is 1. The number of carboxylic acid groups (broad SMARTS) is 1. The monoisotopic (exact) mass is 658 g/mol. The van der Waals surface area contributed by atoms with Crippen LogP contribution in [0.5, 0.6) is 0 Å². The molecule has 0 aliphatic rings. The van der Waals surface area contributed by atoms with Crippen molar-refractivity contribution in [3.05, 3.63) is 126 Å². The van der Waals surface area contributed by atoms with Crippen LogP contribution in [0.15, 0.2) is 114 Å². The zero-order chi connectivity index (χ0) is 33.8. The van der Waals surface area contributed by atoms with Crippen LogP contribution in [0.3, 0.4) is 0 Å². The van der Waals surface area contributed by atoms with Gasteiger partial charge in [0.2, 0.25) is 5.91 Å². The summed E-state index contributed by atoms with van der Waals surface area (Å²) in [6, 6.07) is 27.3. The van der Waals surface area contributed by atoms with Gasteiger partial charge in [-0.1, -0.05) is 78.9 Å². The number of esters is 1. The van der Waals surface area contributed by atoms with E-state index in [1.807, 2.05) is 60.7 Å². The molecule has 12 heteroatoms. The number of nitrogens with zero attached hydrogens (tertiary/aromatic N) is 1. The first kappa shape index (κ1) is 34.5. The smallest absolute Gasteiger partial charge is 0.310 e. The lowest BCUT2D eigenvalue weighted by molar-refractivity contribution is -0.153. The Kier molecular flexibility index (Phi) is 12.0. The number of rotatable bonds is 17. The number of aliphatic carboxylic acids is 1. The average molecular weight is 659 g/mol. The van der Waals surface area contributed by atoms with Crippen molar-refractivity contribution in [1.29, 1.82) is 0 Å². The summed E-state index contributed by atoms with van der Waals surface area (Å²) < 4.78 is 32.2. The SMILES string of the molecule is O=C(O)CC(NC(=O)CCC(=O)c1cccn1S(=O)(=O)c1ccccc1)C(=O)COC(=O)C(Cc1ccccc1)Cc1ccccc1. The number of carbonyl (C=O) groups excluding carboxylic acids is 4. The molecule has 2 N–H and O–H groups in total. The van der Waals surface area contributed by atoms with Gasteiger partial charge in [0.1, 0.15) is 6.04 Å². The number of hydrogen-bond acceptors (Lipinski definition) is 8. The van der Waals surface area contributed by atoms with Gasteiger partial charge in [0, 0.05) is 19.0 Å². The second-order valence-electron chi connectivity index (χ2n) is 10.8. The molecule has 1 heterocycles. The summed E-state index contributed by atoms with van der Waals surface area (Å²) in [5.74, 6) is -4.94. The molecule has 3 aromatic carbocycles. The molecule has 1 atom stereocenters. The fourth-order valence-corrected chi connectivity index (χ4v) is 6.32. The van der Waals surface area contributed by atoms with Crippen molar-refractivity contribution in [3.63, 3.8) is 0 Å². The highest BCUT2D eigenvalue weighted by atomic mass is 32.2. The van der Waals surface area contributed by atoms with Crippen LogP contribution in [0.4, 0.5) is 0 Å². The van der Waals surface area contributed by atoms with E-state index in [1.165, 1.54) is 30.5 Å². The van der Waals surface area contributed by atoms with Crippen LogP contribution in [-0.4, -0.2) is 59.6 Å². The molecule has 244 valence electrons. The van der Waals surface area contributed by atoms with Crippen molar-refractivity contribution >= 4 is 39.4 Å². The van der Waals surface area contributed by atoms with Crippen LogP contribution in [-0.2, 0) is 46.8 Å². The molecule has 1 aromatic heterocycles. The third-order valence-electron chi connectivity index (χ3n) is 7.32. The minimum absolute atomic E-state index is 0.0230. The van der Waals surface area contributed by atoms with E-state index in [0.29, 0.717) is 12.8 Å². The number of carbonyl (C=O) groups is 5. The minimum Gasteiger partial charge on any atom is -0.481 e.